The molecule has 11 aromatic carbocycles. The van der Waals surface area contributed by atoms with Crippen LogP contribution in [0.3, 0.4) is 0 Å². The molecule has 13 aromatic rings. The predicted octanol–water partition coefficient (Wildman–Crippen LogP) is 20.0. The van der Waals surface area contributed by atoms with Gasteiger partial charge in [-0.25, -0.2) is 0 Å². The predicted molar refractivity (Wildman–Crippen MR) is 304 cm³/mol. The van der Waals surface area contributed by atoms with Crippen molar-refractivity contribution in [1.29, 1.82) is 0 Å². The first kappa shape index (κ1) is 41.0. The maximum absolute atomic E-state index is 2.48. The largest absolute Gasteiger partial charge is 0.309 e. The number of rotatable bonds is 7. The molecule has 2 heterocycles. The molecule has 0 saturated carbocycles. The second kappa shape index (κ2) is 15.8. The summed E-state index contributed by atoms with van der Waals surface area (Å²) < 4.78 is 5.20. The van der Waals surface area contributed by atoms with Crippen molar-refractivity contribution in [2.45, 2.75) is 26.2 Å². The summed E-state index contributed by atoms with van der Waals surface area (Å²) in [5.41, 5.74) is 15.9. The topological polar surface area (TPSA) is 6.48 Å². The zero-order valence-electron chi connectivity index (χ0n) is 39.1. The van der Waals surface area contributed by atoms with Gasteiger partial charge >= 0.3 is 0 Å². The van der Waals surface area contributed by atoms with Gasteiger partial charge in [0.25, 0.3) is 0 Å². The van der Waals surface area contributed by atoms with Gasteiger partial charge in [-0.3, -0.25) is 0 Å². The third-order valence-electron chi connectivity index (χ3n) is 15.0. The summed E-state index contributed by atoms with van der Waals surface area (Å²) in [6.45, 7) is 7.20. The van der Waals surface area contributed by atoms with Crippen LogP contribution in [0.2, 0.25) is 0 Å². The van der Waals surface area contributed by atoms with Crippen molar-refractivity contribution in [2.24, 2.45) is 0 Å². The van der Waals surface area contributed by atoms with Gasteiger partial charge in [0.15, 0.2) is 0 Å². The van der Waals surface area contributed by atoms with Crippen molar-refractivity contribution < 1.29 is 0 Å². The molecule has 2 nitrogen and oxygen atoms in total. The summed E-state index contributed by atoms with van der Waals surface area (Å²) in [5.74, 6) is 0. The van der Waals surface area contributed by atoms with Crippen molar-refractivity contribution >= 4 is 119 Å². The van der Waals surface area contributed by atoms with E-state index in [2.05, 4.69) is 255 Å². The SMILES string of the molecule is Cc1c2c3c(cccc3c3cc(N(c4ccccc4)c4cccc5c4sc4c(-c6ccccc6)cccc45)ccc13)C(C)(C)c1cc(N(c3ccccc3)c3cccc4c3sc3ccccc34)ccc1-2. The number of fused-ring (bicyclic) bond motifs is 10. The Morgan fingerprint density at radius 2 is 0.900 bits per heavy atom. The fraction of sp³-hybridized carbons (Fsp3) is 0.0606. The van der Waals surface area contributed by atoms with Crippen LogP contribution < -0.4 is 9.80 Å². The number of benzene rings is 11. The zero-order chi connectivity index (χ0) is 46.7. The molecule has 4 heteroatoms. The van der Waals surface area contributed by atoms with Crippen molar-refractivity contribution in [2.75, 3.05) is 9.80 Å². The molecular weight excluding hydrogens is 885 g/mol. The highest BCUT2D eigenvalue weighted by Crippen LogP contribution is 2.55. The van der Waals surface area contributed by atoms with E-state index in [-0.39, 0.29) is 5.41 Å². The van der Waals surface area contributed by atoms with Gasteiger partial charge in [0, 0.05) is 59.1 Å². The normalized spacial score (nSPS) is 12.9. The number of para-hydroxylation sites is 2. The average Bonchev–Trinajstić information content (AvgIpc) is 4.00. The van der Waals surface area contributed by atoms with E-state index in [9.17, 15) is 0 Å². The lowest BCUT2D eigenvalue weighted by molar-refractivity contribution is 0.645. The van der Waals surface area contributed by atoms with Crippen molar-refractivity contribution in [3.8, 4) is 22.3 Å². The van der Waals surface area contributed by atoms with Gasteiger partial charge in [-0.05, 0) is 134 Å². The maximum atomic E-state index is 2.48. The van der Waals surface area contributed by atoms with Crippen LogP contribution in [0.15, 0.2) is 224 Å². The third-order valence-corrected chi connectivity index (χ3v) is 17.5. The molecule has 0 N–H and O–H groups in total. The van der Waals surface area contributed by atoms with Crippen LogP contribution in [0, 0.1) is 6.92 Å². The Kier molecular flexibility index (Phi) is 9.23. The Balaban J connectivity index is 0.955. The van der Waals surface area contributed by atoms with E-state index in [1.807, 2.05) is 22.7 Å². The molecule has 1 aliphatic rings. The Hall–Kier alpha value is -8.02. The van der Waals surface area contributed by atoms with E-state index in [1.165, 1.54) is 112 Å². The van der Waals surface area contributed by atoms with E-state index < -0.39 is 0 Å². The molecule has 0 fully saturated rings. The van der Waals surface area contributed by atoms with Crippen molar-refractivity contribution in [1.82, 2.24) is 0 Å². The molecule has 0 atom stereocenters. The lowest BCUT2D eigenvalue weighted by Crippen LogP contribution is -2.25. The van der Waals surface area contributed by atoms with Gasteiger partial charge < -0.3 is 9.80 Å². The maximum Gasteiger partial charge on any atom is 0.0640 e. The Morgan fingerprint density at radius 3 is 1.61 bits per heavy atom. The smallest absolute Gasteiger partial charge is 0.0640 e. The number of aryl methyl sites for hydroxylation is 1. The van der Waals surface area contributed by atoms with Crippen LogP contribution in [-0.4, -0.2) is 0 Å². The van der Waals surface area contributed by atoms with Crippen molar-refractivity contribution in [3.63, 3.8) is 0 Å². The summed E-state index contributed by atoms with van der Waals surface area (Å²) in [6, 6.07) is 83.2. The minimum absolute atomic E-state index is 0.285. The number of nitrogens with zero attached hydrogens (tertiary/aromatic N) is 2. The molecule has 14 rings (SSSR count). The van der Waals surface area contributed by atoms with Gasteiger partial charge in [-0.2, -0.15) is 0 Å². The van der Waals surface area contributed by atoms with Crippen LogP contribution in [-0.2, 0) is 5.41 Å². The summed E-state index contributed by atoms with van der Waals surface area (Å²) >= 11 is 3.78. The Bertz CT molecular complexity index is 4220. The van der Waals surface area contributed by atoms with Gasteiger partial charge in [0.05, 0.1) is 20.8 Å². The molecule has 1 aliphatic carbocycles. The van der Waals surface area contributed by atoms with Crippen LogP contribution in [0.4, 0.5) is 34.1 Å². The summed E-state index contributed by atoms with van der Waals surface area (Å²) in [6.07, 6.45) is 0. The quantitative estimate of drug-likeness (QED) is 0.147. The highest BCUT2D eigenvalue weighted by molar-refractivity contribution is 7.27. The van der Waals surface area contributed by atoms with E-state index >= 15 is 0 Å². The zero-order valence-corrected chi connectivity index (χ0v) is 40.7. The number of hydrogen-bond donors (Lipinski definition) is 0. The number of hydrogen-bond acceptors (Lipinski definition) is 4. The molecule has 70 heavy (non-hydrogen) atoms. The lowest BCUT2D eigenvalue weighted by atomic mass is 9.67. The van der Waals surface area contributed by atoms with Crippen LogP contribution in [0.25, 0.3) is 84.1 Å². The second-order valence-corrected chi connectivity index (χ2v) is 21.3. The number of thiophene rings is 2. The molecule has 0 aliphatic heterocycles. The Morgan fingerprint density at radius 1 is 0.357 bits per heavy atom. The second-order valence-electron chi connectivity index (χ2n) is 19.2. The van der Waals surface area contributed by atoms with E-state index in [0.29, 0.717) is 0 Å². The van der Waals surface area contributed by atoms with Crippen LogP contribution in [0.1, 0.15) is 30.5 Å². The molecular formula is C66H46N2S2. The minimum Gasteiger partial charge on any atom is -0.309 e. The molecule has 332 valence electrons. The highest BCUT2D eigenvalue weighted by atomic mass is 32.1. The molecule has 0 spiro atoms. The molecule has 0 unspecified atom stereocenters. The minimum atomic E-state index is -0.285. The van der Waals surface area contributed by atoms with E-state index in [4.69, 9.17) is 0 Å². The number of anilines is 6. The molecule has 0 amide bonds. The molecule has 0 saturated heterocycles. The summed E-state index contributed by atoms with van der Waals surface area (Å²) in [7, 11) is 0. The monoisotopic (exact) mass is 930 g/mol. The lowest BCUT2D eigenvalue weighted by Gasteiger charge is -2.38. The van der Waals surface area contributed by atoms with E-state index in [1.54, 1.807) is 0 Å². The van der Waals surface area contributed by atoms with Crippen LogP contribution >= 0.6 is 22.7 Å². The van der Waals surface area contributed by atoms with E-state index in [0.717, 1.165) is 22.7 Å². The van der Waals surface area contributed by atoms with Gasteiger partial charge in [-0.1, -0.05) is 172 Å². The van der Waals surface area contributed by atoms with Crippen molar-refractivity contribution in [3.05, 3.63) is 241 Å². The van der Waals surface area contributed by atoms with Gasteiger partial charge in [0.1, 0.15) is 0 Å². The molecule has 0 bridgehead atoms. The van der Waals surface area contributed by atoms with Crippen LogP contribution in [0.5, 0.6) is 0 Å². The summed E-state index contributed by atoms with van der Waals surface area (Å²) in [4.78, 5) is 4.95. The first-order valence-electron chi connectivity index (χ1n) is 24.2. The van der Waals surface area contributed by atoms with Gasteiger partial charge in [-0.15, -0.1) is 22.7 Å². The fourth-order valence-electron chi connectivity index (χ4n) is 11.7. The third kappa shape index (κ3) is 6.10. The highest BCUT2D eigenvalue weighted by Gasteiger charge is 2.36. The fourth-order valence-corrected chi connectivity index (χ4v) is 14.3. The average molecular weight is 931 g/mol. The first-order chi connectivity index (χ1) is 34.4. The van der Waals surface area contributed by atoms with Gasteiger partial charge in [0.2, 0.25) is 0 Å². The Labute approximate surface area is 415 Å². The first-order valence-corrected chi connectivity index (χ1v) is 25.8. The molecule has 0 radical (unpaired) electrons. The summed E-state index contributed by atoms with van der Waals surface area (Å²) in [5, 5.41) is 10.4. The standard InChI is InChI=1S/C66H46N2S2/c1-41-47-37-35-45(67(43-21-9-5-10-22-43)59-33-18-30-53-52-28-15-26-48(63(52)70-65(53)59)42-19-7-4-8-20-42)39-55(47)50-27-16-31-56-62(50)61(41)54-38-36-46(40-57(54)66(56,2)3)68(44-23-11-6-12-24-44)58-32-17-29-51-49-25-13-14-34-60(49)69-64(51)58/h4-40H,1-3H3. The molecule has 2 aromatic heterocycles.